The van der Waals surface area contributed by atoms with Crippen LogP contribution in [0, 0.1) is 20.8 Å². The molecular weight excluding hydrogens is 214 g/mol. The molecule has 0 heterocycles. The van der Waals surface area contributed by atoms with Gasteiger partial charge in [0.1, 0.15) is 0 Å². The van der Waals surface area contributed by atoms with E-state index < -0.39 is 0 Å². The molecule has 92 valence electrons. The molecule has 1 aromatic rings. The van der Waals surface area contributed by atoms with Crippen LogP contribution < -0.4 is 0 Å². The van der Waals surface area contributed by atoms with E-state index in [-0.39, 0.29) is 11.9 Å². The van der Waals surface area contributed by atoms with E-state index in [1.807, 2.05) is 46.8 Å². The summed E-state index contributed by atoms with van der Waals surface area (Å²) in [4.78, 5) is 24.5. The van der Waals surface area contributed by atoms with Crippen molar-refractivity contribution in [2.24, 2.45) is 0 Å². The molecule has 0 radical (unpaired) electrons. The van der Waals surface area contributed by atoms with Gasteiger partial charge in [-0.25, -0.2) is 0 Å². The quantitative estimate of drug-likeness (QED) is 0.753. The van der Waals surface area contributed by atoms with Crippen LogP contribution in [0.4, 0.5) is 0 Å². The Morgan fingerprint density at radius 3 is 2.18 bits per heavy atom. The number of amides is 2. The number of imide groups is 1. The number of nitrogens with zero attached hydrogens (tertiary/aromatic N) is 1. The smallest absolute Gasteiger partial charge is 0.261 e. The van der Waals surface area contributed by atoms with Gasteiger partial charge in [0, 0.05) is 11.6 Å². The molecule has 0 spiro atoms. The Hall–Kier alpha value is -1.64. The number of carbonyl (C=O) groups is 2. The molecule has 1 aromatic carbocycles. The molecule has 3 heteroatoms. The summed E-state index contributed by atoms with van der Waals surface area (Å²) >= 11 is 0. The molecule has 0 bridgehead atoms. The molecule has 0 saturated heterocycles. The minimum Gasteiger partial charge on any atom is -0.279 e. The third-order valence-electron chi connectivity index (χ3n) is 3.06. The predicted octanol–water partition coefficient (Wildman–Crippen LogP) is 2.62. The van der Waals surface area contributed by atoms with Crippen molar-refractivity contribution in [3.63, 3.8) is 0 Å². The molecule has 0 N–H and O–H groups in total. The van der Waals surface area contributed by atoms with Crippen LogP contribution in [0.25, 0.3) is 0 Å². The third-order valence-corrected chi connectivity index (χ3v) is 3.06. The fourth-order valence-corrected chi connectivity index (χ4v) is 1.81. The lowest BCUT2D eigenvalue weighted by atomic mass is 9.97. The largest absolute Gasteiger partial charge is 0.279 e. The molecule has 0 saturated carbocycles. The maximum Gasteiger partial charge on any atom is 0.261 e. The standard InChI is InChI=1S/C14H19NO2/c1-9(2)15(8-16)14(17)13-11(4)7-6-10(3)12(13)5/h6-9H,1-5H3. The first-order valence-corrected chi connectivity index (χ1v) is 5.75. The molecule has 0 atom stereocenters. The van der Waals surface area contributed by atoms with E-state index in [2.05, 4.69) is 0 Å². The third kappa shape index (κ3) is 2.54. The van der Waals surface area contributed by atoms with Gasteiger partial charge >= 0.3 is 0 Å². The van der Waals surface area contributed by atoms with Gasteiger partial charge in [-0.3, -0.25) is 14.5 Å². The van der Waals surface area contributed by atoms with E-state index in [1.54, 1.807) is 0 Å². The Morgan fingerprint density at radius 1 is 1.18 bits per heavy atom. The molecule has 0 fully saturated rings. The zero-order valence-corrected chi connectivity index (χ0v) is 11.1. The van der Waals surface area contributed by atoms with Gasteiger partial charge < -0.3 is 0 Å². The van der Waals surface area contributed by atoms with Crippen LogP contribution in [0.3, 0.4) is 0 Å². The number of aryl methyl sites for hydroxylation is 2. The number of hydrogen-bond donors (Lipinski definition) is 0. The first-order valence-electron chi connectivity index (χ1n) is 5.75. The lowest BCUT2D eigenvalue weighted by molar-refractivity contribution is -0.117. The first kappa shape index (κ1) is 13.4. The van der Waals surface area contributed by atoms with Crippen molar-refractivity contribution in [1.29, 1.82) is 0 Å². The maximum absolute atomic E-state index is 12.3. The van der Waals surface area contributed by atoms with Crippen molar-refractivity contribution in [2.45, 2.75) is 40.7 Å². The van der Waals surface area contributed by atoms with E-state index >= 15 is 0 Å². The minimum atomic E-state index is -0.214. The molecule has 0 aliphatic heterocycles. The summed E-state index contributed by atoms with van der Waals surface area (Å²) < 4.78 is 0. The van der Waals surface area contributed by atoms with Crippen molar-refractivity contribution in [1.82, 2.24) is 4.90 Å². The number of hydrogen-bond acceptors (Lipinski definition) is 2. The second-order valence-electron chi connectivity index (χ2n) is 4.61. The SMILES string of the molecule is Cc1ccc(C)c(C(=O)N(C=O)C(C)C)c1C. The summed E-state index contributed by atoms with van der Waals surface area (Å²) in [5.41, 5.74) is 3.56. The monoisotopic (exact) mass is 233 g/mol. The van der Waals surface area contributed by atoms with Gasteiger partial charge in [0.15, 0.2) is 0 Å². The van der Waals surface area contributed by atoms with E-state index in [0.717, 1.165) is 16.7 Å². The van der Waals surface area contributed by atoms with Gasteiger partial charge in [0.05, 0.1) is 0 Å². The molecule has 0 aromatic heterocycles. The summed E-state index contributed by atoms with van der Waals surface area (Å²) in [6.07, 6.45) is 0.605. The van der Waals surface area contributed by atoms with Crippen LogP contribution in [-0.4, -0.2) is 23.3 Å². The summed E-state index contributed by atoms with van der Waals surface area (Å²) in [6.45, 7) is 9.42. The average molecular weight is 233 g/mol. The van der Waals surface area contributed by atoms with E-state index in [0.29, 0.717) is 12.0 Å². The summed E-state index contributed by atoms with van der Waals surface area (Å²) in [6, 6.07) is 3.78. The average Bonchev–Trinajstić information content (AvgIpc) is 2.24. The second kappa shape index (κ2) is 5.13. The van der Waals surface area contributed by atoms with Gasteiger partial charge in [0.2, 0.25) is 6.41 Å². The maximum atomic E-state index is 12.3. The summed E-state index contributed by atoms with van der Waals surface area (Å²) in [7, 11) is 0. The molecule has 0 aliphatic carbocycles. The van der Waals surface area contributed by atoms with Crippen molar-refractivity contribution in [2.75, 3.05) is 0 Å². The first-order chi connectivity index (χ1) is 7.90. The van der Waals surface area contributed by atoms with Gasteiger partial charge in [0.25, 0.3) is 5.91 Å². The topological polar surface area (TPSA) is 37.4 Å². The number of rotatable bonds is 3. The van der Waals surface area contributed by atoms with Gasteiger partial charge in [-0.2, -0.15) is 0 Å². The summed E-state index contributed by atoms with van der Waals surface area (Å²) in [5.74, 6) is -0.214. The fourth-order valence-electron chi connectivity index (χ4n) is 1.81. The molecule has 17 heavy (non-hydrogen) atoms. The van der Waals surface area contributed by atoms with Crippen LogP contribution in [0.2, 0.25) is 0 Å². The zero-order valence-electron chi connectivity index (χ0n) is 11.1. The molecule has 2 amide bonds. The second-order valence-corrected chi connectivity index (χ2v) is 4.61. The number of carbonyl (C=O) groups excluding carboxylic acids is 2. The molecule has 0 unspecified atom stereocenters. The molecule has 1 rings (SSSR count). The van der Waals surface area contributed by atoms with Crippen molar-refractivity contribution in [3.8, 4) is 0 Å². The van der Waals surface area contributed by atoms with E-state index in [1.165, 1.54) is 4.90 Å². The molecule has 3 nitrogen and oxygen atoms in total. The molecule has 0 aliphatic rings. The van der Waals surface area contributed by atoms with Crippen LogP contribution in [0.1, 0.15) is 40.9 Å². The lowest BCUT2D eigenvalue weighted by Gasteiger charge is -2.22. The van der Waals surface area contributed by atoms with Crippen LogP contribution in [0.5, 0.6) is 0 Å². The van der Waals surface area contributed by atoms with E-state index in [4.69, 9.17) is 0 Å². The van der Waals surface area contributed by atoms with Gasteiger partial charge in [-0.1, -0.05) is 12.1 Å². The molecular formula is C14H19NO2. The van der Waals surface area contributed by atoms with Gasteiger partial charge in [-0.05, 0) is 51.3 Å². The Morgan fingerprint density at radius 2 is 1.71 bits per heavy atom. The normalized spacial score (nSPS) is 10.5. The summed E-state index contributed by atoms with van der Waals surface area (Å²) in [5, 5.41) is 0. The van der Waals surface area contributed by atoms with E-state index in [9.17, 15) is 9.59 Å². The highest BCUT2D eigenvalue weighted by Gasteiger charge is 2.21. The highest BCUT2D eigenvalue weighted by molar-refractivity contribution is 6.02. The Labute approximate surface area is 102 Å². The van der Waals surface area contributed by atoms with Crippen LogP contribution in [0.15, 0.2) is 12.1 Å². The number of benzene rings is 1. The Balaban J connectivity index is 3.29. The minimum absolute atomic E-state index is 0.126. The highest BCUT2D eigenvalue weighted by Crippen LogP contribution is 2.19. The van der Waals surface area contributed by atoms with Crippen LogP contribution in [-0.2, 0) is 4.79 Å². The van der Waals surface area contributed by atoms with Crippen molar-refractivity contribution in [3.05, 3.63) is 34.4 Å². The fraction of sp³-hybridized carbons (Fsp3) is 0.429. The lowest BCUT2D eigenvalue weighted by Crippen LogP contribution is -2.36. The predicted molar refractivity (Wildman–Crippen MR) is 68.0 cm³/mol. The zero-order chi connectivity index (χ0) is 13.2. The van der Waals surface area contributed by atoms with Crippen LogP contribution >= 0.6 is 0 Å². The van der Waals surface area contributed by atoms with Gasteiger partial charge in [-0.15, -0.1) is 0 Å². The van der Waals surface area contributed by atoms with Crippen molar-refractivity contribution < 1.29 is 9.59 Å². The van der Waals surface area contributed by atoms with Crippen molar-refractivity contribution >= 4 is 12.3 Å². The Kier molecular flexibility index (Phi) is 4.05. The Bertz CT molecular complexity index is 450. The highest BCUT2D eigenvalue weighted by atomic mass is 16.2.